The zero-order chi connectivity index (χ0) is 11.6. The first-order valence-electron chi connectivity index (χ1n) is 6.07. The number of ether oxygens (including phenoxy) is 2. The van der Waals surface area contributed by atoms with Crippen molar-refractivity contribution in [2.45, 2.75) is 32.6 Å². The second-order valence-electron chi connectivity index (χ2n) is 3.94. The summed E-state index contributed by atoms with van der Waals surface area (Å²) in [6.45, 7) is 3.48. The van der Waals surface area contributed by atoms with E-state index in [9.17, 15) is 0 Å². The van der Waals surface area contributed by atoms with Gasteiger partial charge in [-0.25, -0.2) is 0 Å². The number of hydrogen-bond acceptors (Lipinski definition) is 2. The lowest BCUT2D eigenvalue weighted by molar-refractivity contribution is 0.146. The van der Waals surface area contributed by atoms with E-state index in [1.165, 1.54) is 31.2 Å². The van der Waals surface area contributed by atoms with Crippen LogP contribution in [-0.2, 0) is 11.2 Å². The molecule has 0 aliphatic carbocycles. The van der Waals surface area contributed by atoms with E-state index in [0.717, 1.165) is 5.75 Å². The summed E-state index contributed by atoms with van der Waals surface area (Å²) >= 11 is 0. The van der Waals surface area contributed by atoms with Gasteiger partial charge in [0.15, 0.2) is 0 Å². The minimum Gasteiger partial charge on any atom is -0.491 e. The van der Waals surface area contributed by atoms with Crippen LogP contribution in [0.15, 0.2) is 24.3 Å². The molecule has 0 aliphatic heterocycles. The molecule has 0 saturated carbocycles. The Morgan fingerprint density at radius 3 is 2.38 bits per heavy atom. The van der Waals surface area contributed by atoms with Gasteiger partial charge in [-0.15, -0.1) is 0 Å². The zero-order valence-corrected chi connectivity index (χ0v) is 10.4. The molecule has 0 aliphatic rings. The minimum absolute atomic E-state index is 0.617. The van der Waals surface area contributed by atoms with Gasteiger partial charge in [0.05, 0.1) is 6.61 Å². The fourth-order valence-corrected chi connectivity index (χ4v) is 1.57. The smallest absolute Gasteiger partial charge is 0.119 e. The molecule has 0 amide bonds. The summed E-state index contributed by atoms with van der Waals surface area (Å²) < 4.78 is 10.4. The van der Waals surface area contributed by atoms with Gasteiger partial charge >= 0.3 is 0 Å². The van der Waals surface area contributed by atoms with Gasteiger partial charge in [0.2, 0.25) is 0 Å². The summed E-state index contributed by atoms with van der Waals surface area (Å²) in [6.07, 6.45) is 5.04. The van der Waals surface area contributed by atoms with E-state index in [1.807, 2.05) is 12.1 Å². The number of benzene rings is 1. The maximum Gasteiger partial charge on any atom is 0.119 e. The van der Waals surface area contributed by atoms with Crippen molar-refractivity contribution in [2.24, 2.45) is 0 Å². The number of methoxy groups -OCH3 is 1. The molecular formula is C14H22O2. The monoisotopic (exact) mass is 222 g/mol. The van der Waals surface area contributed by atoms with Gasteiger partial charge in [-0.2, -0.15) is 0 Å². The molecule has 16 heavy (non-hydrogen) atoms. The number of unbranched alkanes of at least 4 members (excludes halogenated alkanes) is 2. The third-order valence-corrected chi connectivity index (χ3v) is 2.55. The highest BCUT2D eigenvalue weighted by atomic mass is 16.5. The van der Waals surface area contributed by atoms with Crippen LogP contribution in [0.4, 0.5) is 0 Å². The summed E-state index contributed by atoms with van der Waals surface area (Å²) in [5.74, 6) is 0.927. The van der Waals surface area contributed by atoms with Gasteiger partial charge in [0.1, 0.15) is 12.4 Å². The predicted molar refractivity (Wildman–Crippen MR) is 67.0 cm³/mol. The van der Waals surface area contributed by atoms with Crippen molar-refractivity contribution < 1.29 is 9.47 Å². The molecule has 0 bridgehead atoms. The highest BCUT2D eigenvalue weighted by Crippen LogP contribution is 2.14. The average molecular weight is 222 g/mol. The van der Waals surface area contributed by atoms with Gasteiger partial charge in [-0.1, -0.05) is 31.9 Å². The standard InChI is InChI=1S/C14H22O2/c1-3-4-5-6-13-7-9-14(10-8-13)16-12-11-15-2/h7-10H,3-6,11-12H2,1-2H3. The quantitative estimate of drug-likeness (QED) is 0.627. The minimum atomic E-state index is 0.617. The zero-order valence-electron chi connectivity index (χ0n) is 10.4. The van der Waals surface area contributed by atoms with Crippen LogP contribution in [0.3, 0.4) is 0 Å². The molecule has 1 rings (SSSR count). The lowest BCUT2D eigenvalue weighted by Crippen LogP contribution is -2.04. The third kappa shape index (κ3) is 5.17. The number of aryl methyl sites for hydroxylation is 1. The molecule has 0 aromatic heterocycles. The normalized spacial score (nSPS) is 10.4. The third-order valence-electron chi connectivity index (χ3n) is 2.55. The molecule has 0 atom stereocenters. The Hall–Kier alpha value is -1.02. The molecular weight excluding hydrogens is 200 g/mol. The van der Waals surface area contributed by atoms with E-state index in [0.29, 0.717) is 13.2 Å². The molecule has 0 unspecified atom stereocenters. The van der Waals surface area contributed by atoms with E-state index in [-0.39, 0.29) is 0 Å². The van der Waals surface area contributed by atoms with Crippen molar-refractivity contribution in [3.63, 3.8) is 0 Å². The van der Waals surface area contributed by atoms with Gasteiger partial charge in [-0.05, 0) is 30.5 Å². The van der Waals surface area contributed by atoms with Crippen LogP contribution in [0, 0.1) is 0 Å². The Morgan fingerprint density at radius 2 is 1.75 bits per heavy atom. The van der Waals surface area contributed by atoms with E-state index in [4.69, 9.17) is 9.47 Å². The Kier molecular flexibility index (Phi) is 6.66. The van der Waals surface area contributed by atoms with Gasteiger partial charge < -0.3 is 9.47 Å². The molecule has 2 nitrogen and oxygen atoms in total. The number of hydrogen-bond donors (Lipinski definition) is 0. The number of rotatable bonds is 8. The molecule has 0 fully saturated rings. The van der Waals surface area contributed by atoms with Gasteiger partial charge in [0.25, 0.3) is 0 Å². The van der Waals surface area contributed by atoms with Crippen molar-refractivity contribution in [1.29, 1.82) is 0 Å². The van der Waals surface area contributed by atoms with Crippen LogP contribution >= 0.6 is 0 Å². The van der Waals surface area contributed by atoms with Crippen molar-refractivity contribution in [1.82, 2.24) is 0 Å². The van der Waals surface area contributed by atoms with Crippen molar-refractivity contribution in [3.05, 3.63) is 29.8 Å². The first-order chi connectivity index (χ1) is 7.86. The molecule has 2 heteroatoms. The van der Waals surface area contributed by atoms with Crippen molar-refractivity contribution >= 4 is 0 Å². The second kappa shape index (κ2) is 8.17. The molecule has 0 heterocycles. The maximum atomic E-state index is 5.50. The topological polar surface area (TPSA) is 18.5 Å². The van der Waals surface area contributed by atoms with Crippen LogP contribution < -0.4 is 4.74 Å². The van der Waals surface area contributed by atoms with Gasteiger partial charge in [0, 0.05) is 7.11 Å². The molecule has 0 N–H and O–H groups in total. The maximum absolute atomic E-state index is 5.50. The Bertz CT molecular complexity index is 238. The van der Waals surface area contributed by atoms with Crippen molar-refractivity contribution in [2.75, 3.05) is 20.3 Å². The SMILES string of the molecule is CCCCCc1ccc(OCCOC)cc1. The Balaban J connectivity index is 2.30. The van der Waals surface area contributed by atoms with E-state index in [1.54, 1.807) is 7.11 Å². The molecule has 1 aromatic carbocycles. The van der Waals surface area contributed by atoms with Crippen molar-refractivity contribution in [3.8, 4) is 5.75 Å². The van der Waals surface area contributed by atoms with Crippen LogP contribution in [-0.4, -0.2) is 20.3 Å². The van der Waals surface area contributed by atoms with Crippen LogP contribution in [0.2, 0.25) is 0 Å². The summed E-state index contributed by atoms with van der Waals surface area (Å²) in [5, 5.41) is 0. The van der Waals surface area contributed by atoms with Crippen LogP contribution in [0.25, 0.3) is 0 Å². The molecule has 0 spiro atoms. The van der Waals surface area contributed by atoms with Crippen LogP contribution in [0.1, 0.15) is 31.7 Å². The molecule has 90 valence electrons. The fraction of sp³-hybridized carbons (Fsp3) is 0.571. The van der Waals surface area contributed by atoms with E-state index in [2.05, 4.69) is 19.1 Å². The summed E-state index contributed by atoms with van der Waals surface area (Å²) in [4.78, 5) is 0. The Morgan fingerprint density at radius 1 is 1.00 bits per heavy atom. The lowest BCUT2D eigenvalue weighted by Gasteiger charge is -2.06. The van der Waals surface area contributed by atoms with E-state index >= 15 is 0 Å². The highest BCUT2D eigenvalue weighted by Gasteiger charge is 1.95. The highest BCUT2D eigenvalue weighted by molar-refractivity contribution is 5.27. The van der Waals surface area contributed by atoms with E-state index < -0.39 is 0 Å². The molecule has 0 radical (unpaired) electrons. The molecule has 0 saturated heterocycles. The summed E-state index contributed by atoms with van der Waals surface area (Å²) in [5.41, 5.74) is 1.40. The Labute approximate surface area is 98.6 Å². The predicted octanol–water partition coefficient (Wildman–Crippen LogP) is 3.44. The summed E-state index contributed by atoms with van der Waals surface area (Å²) in [7, 11) is 1.68. The summed E-state index contributed by atoms with van der Waals surface area (Å²) in [6, 6.07) is 8.38. The first-order valence-corrected chi connectivity index (χ1v) is 6.07. The largest absolute Gasteiger partial charge is 0.491 e. The second-order valence-corrected chi connectivity index (χ2v) is 3.94. The fourth-order valence-electron chi connectivity index (χ4n) is 1.57. The average Bonchev–Trinajstić information content (AvgIpc) is 2.32. The van der Waals surface area contributed by atoms with Gasteiger partial charge in [-0.3, -0.25) is 0 Å². The lowest BCUT2D eigenvalue weighted by atomic mass is 10.1. The first kappa shape index (κ1) is 13.0. The molecule has 1 aromatic rings. The van der Waals surface area contributed by atoms with Crippen LogP contribution in [0.5, 0.6) is 5.75 Å².